The van der Waals surface area contributed by atoms with E-state index in [0.29, 0.717) is 11.4 Å². The van der Waals surface area contributed by atoms with Crippen molar-refractivity contribution in [2.45, 2.75) is 17.4 Å². The van der Waals surface area contributed by atoms with Crippen LogP contribution in [0.3, 0.4) is 0 Å². The van der Waals surface area contributed by atoms with Crippen LogP contribution < -0.4 is 14.8 Å². The molecule has 3 aromatic rings. The maximum absolute atomic E-state index is 13.0. The maximum Gasteiger partial charge on any atom is 0.242 e. The zero-order chi connectivity index (χ0) is 21.6. The van der Waals surface area contributed by atoms with E-state index in [1.54, 1.807) is 36.4 Å². The Labute approximate surface area is 184 Å². The summed E-state index contributed by atoms with van der Waals surface area (Å²) in [5, 5.41) is 2.77. The van der Waals surface area contributed by atoms with Crippen molar-refractivity contribution < 1.29 is 17.9 Å². The third-order valence-corrected chi connectivity index (χ3v) is 6.37. The molecule has 1 atom stereocenters. The second kappa shape index (κ2) is 9.88. The summed E-state index contributed by atoms with van der Waals surface area (Å²) in [6.07, 6.45) is 0.201. The monoisotopic (exact) mass is 488 g/mol. The molecule has 0 aliphatic rings. The average molecular weight is 489 g/mol. The van der Waals surface area contributed by atoms with Gasteiger partial charge in [0.15, 0.2) is 0 Å². The fourth-order valence-electron chi connectivity index (χ4n) is 2.84. The molecule has 0 saturated heterocycles. The van der Waals surface area contributed by atoms with E-state index < -0.39 is 22.0 Å². The molecule has 6 nitrogen and oxygen atoms in total. The SMILES string of the molecule is COc1cccc(NC(=O)[C@H](Cc2ccccc2)NS(=O)(=O)c2ccc(Br)cc2)c1. The molecule has 0 unspecified atom stereocenters. The lowest BCUT2D eigenvalue weighted by atomic mass is 10.1. The number of methoxy groups -OCH3 is 1. The zero-order valence-corrected chi connectivity index (χ0v) is 18.6. The van der Waals surface area contributed by atoms with Crippen LogP contribution >= 0.6 is 15.9 Å². The molecule has 0 aromatic heterocycles. The molecule has 0 radical (unpaired) electrons. The zero-order valence-electron chi connectivity index (χ0n) is 16.2. The van der Waals surface area contributed by atoms with E-state index in [2.05, 4.69) is 26.0 Å². The molecule has 0 fully saturated rings. The Morgan fingerprint density at radius 1 is 1.00 bits per heavy atom. The van der Waals surface area contributed by atoms with Crippen molar-refractivity contribution in [3.8, 4) is 5.75 Å². The molecule has 8 heteroatoms. The van der Waals surface area contributed by atoms with Gasteiger partial charge in [-0.3, -0.25) is 4.79 Å². The number of rotatable bonds is 8. The molecule has 1 amide bonds. The van der Waals surface area contributed by atoms with E-state index in [1.165, 1.54) is 19.2 Å². The number of nitrogens with one attached hydrogen (secondary N) is 2. The molecule has 30 heavy (non-hydrogen) atoms. The Hall–Kier alpha value is -2.68. The summed E-state index contributed by atoms with van der Waals surface area (Å²) in [7, 11) is -2.37. The van der Waals surface area contributed by atoms with Crippen molar-refractivity contribution in [1.82, 2.24) is 4.72 Å². The number of ether oxygens (including phenoxy) is 1. The van der Waals surface area contributed by atoms with Gasteiger partial charge in [0, 0.05) is 16.2 Å². The molecule has 156 valence electrons. The number of carbonyl (C=O) groups excluding carboxylic acids is 1. The number of halogens is 1. The number of amides is 1. The Morgan fingerprint density at radius 3 is 2.37 bits per heavy atom. The third kappa shape index (κ3) is 5.91. The van der Waals surface area contributed by atoms with Crippen LogP contribution in [0.5, 0.6) is 5.75 Å². The topological polar surface area (TPSA) is 84.5 Å². The molecule has 0 saturated carbocycles. The fraction of sp³-hybridized carbons (Fsp3) is 0.136. The van der Waals surface area contributed by atoms with E-state index in [4.69, 9.17) is 4.74 Å². The van der Waals surface area contributed by atoms with Gasteiger partial charge in [-0.2, -0.15) is 4.72 Å². The lowest BCUT2D eigenvalue weighted by Gasteiger charge is -2.19. The Balaban J connectivity index is 1.85. The highest BCUT2D eigenvalue weighted by molar-refractivity contribution is 9.10. The normalized spacial score (nSPS) is 12.2. The number of sulfonamides is 1. The lowest BCUT2D eigenvalue weighted by Crippen LogP contribution is -2.45. The Bertz CT molecular complexity index is 1100. The predicted octanol–water partition coefficient (Wildman–Crippen LogP) is 3.99. The number of carbonyl (C=O) groups is 1. The second-order valence-electron chi connectivity index (χ2n) is 6.54. The molecule has 0 spiro atoms. The standard InChI is InChI=1S/C22H21BrN2O4S/c1-29-19-9-5-8-18(15-19)24-22(26)21(14-16-6-3-2-4-7-16)25-30(27,28)20-12-10-17(23)11-13-20/h2-13,15,21,25H,14H2,1H3,(H,24,26)/t21-/m0/s1. The van der Waals surface area contributed by atoms with E-state index in [1.807, 2.05) is 30.3 Å². The van der Waals surface area contributed by atoms with Crippen LogP contribution in [-0.4, -0.2) is 27.5 Å². The first-order valence-corrected chi connectivity index (χ1v) is 11.4. The minimum Gasteiger partial charge on any atom is -0.497 e. The van der Waals surface area contributed by atoms with Gasteiger partial charge in [-0.15, -0.1) is 0 Å². The largest absolute Gasteiger partial charge is 0.497 e. The summed E-state index contributed by atoms with van der Waals surface area (Å²) in [5.74, 6) is 0.121. The third-order valence-electron chi connectivity index (χ3n) is 4.36. The van der Waals surface area contributed by atoms with Crippen LogP contribution in [0, 0.1) is 0 Å². The molecule has 3 aromatic carbocycles. The molecule has 0 aliphatic carbocycles. The van der Waals surface area contributed by atoms with Crippen LogP contribution in [0.25, 0.3) is 0 Å². The second-order valence-corrected chi connectivity index (χ2v) is 9.17. The summed E-state index contributed by atoms with van der Waals surface area (Å²) >= 11 is 3.29. The van der Waals surface area contributed by atoms with E-state index in [0.717, 1.165) is 10.0 Å². The van der Waals surface area contributed by atoms with Crippen molar-refractivity contribution in [2.24, 2.45) is 0 Å². The van der Waals surface area contributed by atoms with Gasteiger partial charge >= 0.3 is 0 Å². The van der Waals surface area contributed by atoms with Gasteiger partial charge in [0.05, 0.1) is 12.0 Å². The van der Waals surface area contributed by atoms with E-state index in [9.17, 15) is 13.2 Å². The molecular formula is C22H21BrN2O4S. The van der Waals surface area contributed by atoms with Crippen LogP contribution in [0.15, 0.2) is 88.2 Å². The lowest BCUT2D eigenvalue weighted by molar-refractivity contribution is -0.117. The van der Waals surface area contributed by atoms with Gasteiger partial charge < -0.3 is 10.1 Å². The van der Waals surface area contributed by atoms with Gasteiger partial charge in [0.1, 0.15) is 11.8 Å². The average Bonchev–Trinajstić information content (AvgIpc) is 2.74. The molecule has 0 aliphatic heterocycles. The van der Waals surface area contributed by atoms with Crippen LogP contribution in [0.2, 0.25) is 0 Å². The van der Waals surface area contributed by atoms with Gasteiger partial charge in [0.25, 0.3) is 0 Å². The highest BCUT2D eigenvalue weighted by Crippen LogP contribution is 2.19. The summed E-state index contributed by atoms with van der Waals surface area (Å²) in [6.45, 7) is 0. The highest BCUT2D eigenvalue weighted by atomic mass is 79.9. The first-order valence-electron chi connectivity index (χ1n) is 9.14. The van der Waals surface area contributed by atoms with E-state index >= 15 is 0 Å². The number of anilines is 1. The van der Waals surface area contributed by atoms with Gasteiger partial charge in [-0.25, -0.2) is 8.42 Å². The first kappa shape index (κ1) is 22.0. The smallest absolute Gasteiger partial charge is 0.242 e. The highest BCUT2D eigenvalue weighted by Gasteiger charge is 2.26. The quantitative estimate of drug-likeness (QED) is 0.502. The van der Waals surface area contributed by atoms with Crippen molar-refractivity contribution in [1.29, 1.82) is 0 Å². The Morgan fingerprint density at radius 2 is 1.70 bits per heavy atom. The summed E-state index contributed by atoms with van der Waals surface area (Å²) in [4.78, 5) is 13.1. The Kier molecular flexibility index (Phi) is 7.25. The van der Waals surface area contributed by atoms with Crippen LogP contribution in [-0.2, 0) is 21.2 Å². The van der Waals surface area contributed by atoms with E-state index in [-0.39, 0.29) is 11.3 Å². The number of hydrogen-bond acceptors (Lipinski definition) is 4. The van der Waals surface area contributed by atoms with Crippen molar-refractivity contribution in [3.63, 3.8) is 0 Å². The molecule has 0 bridgehead atoms. The van der Waals surface area contributed by atoms with Crippen molar-refractivity contribution >= 4 is 37.5 Å². The molecule has 3 rings (SSSR count). The minimum atomic E-state index is -3.90. The van der Waals surface area contributed by atoms with Gasteiger partial charge in [-0.05, 0) is 48.4 Å². The first-order chi connectivity index (χ1) is 14.4. The summed E-state index contributed by atoms with van der Waals surface area (Å²) in [5.41, 5.74) is 1.35. The fourth-order valence-corrected chi connectivity index (χ4v) is 4.30. The minimum absolute atomic E-state index is 0.0814. The maximum atomic E-state index is 13.0. The molecule has 0 heterocycles. The van der Waals surface area contributed by atoms with Gasteiger partial charge in [0.2, 0.25) is 15.9 Å². The molecule has 2 N–H and O–H groups in total. The van der Waals surface area contributed by atoms with Crippen LogP contribution in [0.4, 0.5) is 5.69 Å². The summed E-state index contributed by atoms with van der Waals surface area (Å²) < 4.78 is 34.2. The predicted molar refractivity (Wildman–Crippen MR) is 120 cm³/mol. The van der Waals surface area contributed by atoms with Crippen molar-refractivity contribution in [3.05, 3.63) is 88.9 Å². The van der Waals surface area contributed by atoms with Crippen molar-refractivity contribution in [2.75, 3.05) is 12.4 Å². The molecular weight excluding hydrogens is 468 g/mol. The van der Waals surface area contributed by atoms with Crippen LogP contribution in [0.1, 0.15) is 5.56 Å². The number of benzene rings is 3. The number of hydrogen-bond donors (Lipinski definition) is 2. The van der Waals surface area contributed by atoms with Gasteiger partial charge in [-0.1, -0.05) is 52.3 Å². The summed E-state index contributed by atoms with van der Waals surface area (Å²) in [6, 6.07) is 21.3.